The average Bonchev–Trinajstić information content (AvgIpc) is 2.86. The number of fused-ring (bicyclic) bond motifs is 1. The maximum atomic E-state index is 5.88. The van der Waals surface area contributed by atoms with Gasteiger partial charge >= 0.3 is 0 Å². The van der Waals surface area contributed by atoms with Crippen molar-refractivity contribution >= 4 is 17.0 Å². The Morgan fingerprint density at radius 3 is 3.17 bits per heavy atom. The molecule has 6 nitrogen and oxygen atoms in total. The highest BCUT2D eigenvalue weighted by molar-refractivity contribution is 5.80. The summed E-state index contributed by atoms with van der Waals surface area (Å²) >= 11 is 0. The number of aromatic amines is 1. The van der Waals surface area contributed by atoms with Gasteiger partial charge < -0.3 is 16.0 Å². The monoisotopic (exact) mass is 246 g/mol. The maximum absolute atomic E-state index is 5.88. The summed E-state index contributed by atoms with van der Waals surface area (Å²) in [5, 5.41) is 3.43. The molecule has 2 aromatic rings. The van der Waals surface area contributed by atoms with Crippen molar-refractivity contribution in [1.82, 2.24) is 25.3 Å². The minimum absolute atomic E-state index is 0.495. The van der Waals surface area contributed by atoms with Crippen LogP contribution in [0.3, 0.4) is 0 Å². The number of nitrogens with zero attached hydrogens (tertiary/aromatic N) is 3. The molecule has 4 N–H and O–H groups in total. The topological polar surface area (TPSA) is 92.5 Å². The van der Waals surface area contributed by atoms with Crippen LogP contribution in [-0.4, -0.2) is 33.0 Å². The Morgan fingerprint density at radius 2 is 2.33 bits per heavy atom. The molecule has 0 radical (unpaired) electrons. The van der Waals surface area contributed by atoms with E-state index < -0.39 is 0 Å². The lowest BCUT2D eigenvalue weighted by Gasteiger charge is -2.22. The van der Waals surface area contributed by atoms with Gasteiger partial charge in [-0.15, -0.1) is 0 Å². The first kappa shape index (κ1) is 11.4. The van der Waals surface area contributed by atoms with Gasteiger partial charge in [0.15, 0.2) is 11.5 Å². The van der Waals surface area contributed by atoms with E-state index in [9.17, 15) is 0 Å². The standard InChI is InChI=1S/C12H18N6/c13-11-10-12(16-7-15-10)18-9(17-11)4-3-8-2-1-5-14-6-8/h7-8,14H,1-6H2,(H3,13,15,16,17,18)/t8-/m0/s1. The highest BCUT2D eigenvalue weighted by Crippen LogP contribution is 2.18. The Bertz CT molecular complexity index is 528. The van der Waals surface area contributed by atoms with Crippen molar-refractivity contribution < 1.29 is 0 Å². The van der Waals surface area contributed by atoms with E-state index in [0.29, 0.717) is 11.5 Å². The number of nitrogen functional groups attached to an aromatic ring is 1. The number of hydrogen-bond acceptors (Lipinski definition) is 5. The predicted octanol–water partition coefficient (Wildman–Crippen LogP) is 0.867. The number of piperidine rings is 1. The Labute approximate surface area is 105 Å². The average molecular weight is 246 g/mol. The van der Waals surface area contributed by atoms with Crippen molar-refractivity contribution in [2.75, 3.05) is 18.8 Å². The molecule has 3 heterocycles. The maximum Gasteiger partial charge on any atom is 0.183 e. The van der Waals surface area contributed by atoms with Crippen LogP contribution in [0.2, 0.25) is 0 Å². The molecule has 1 aliphatic rings. The summed E-state index contributed by atoms with van der Waals surface area (Å²) in [5.41, 5.74) is 7.28. The van der Waals surface area contributed by atoms with Gasteiger partial charge in [0.1, 0.15) is 11.3 Å². The lowest BCUT2D eigenvalue weighted by atomic mass is 9.94. The molecule has 0 saturated carbocycles. The third kappa shape index (κ3) is 2.28. The molecular formula is C12H18N6. The van der Waals surface area contributed by atoms with Crippen molar-refractivity contribution in [1.29, 1.82) is 0 Å². The smallest absolute Gasteiger partial charge is 0.183 e. The summed E-state index contributed by atoms with van der Waals surface area (Å²) in [6, 6.07) is 0. The van der Waals surface area contributed by atoms with E-state index in [1.807, 2.05) is 0 Å². The predicted molar refractivity (Wildman–Crippen MR) is 70.0 cm³/mol. The number of nitrogens with two attached hydrogens (primary N) is 1. The van der Waals surface area contributed by atoms with Gasteiger partial charge in [0.2, 0.25) is 0 Å². The van der Waals surface area contributed by atoms with Crippen molar-refractivity contribution in [3.8, 4) is 0 Å². The molecule has 0 aromatic carbocycles. The van der Waals surface area contributed by atoms with E-state index in [4.69, 9.17) is 5.73 Å². The van der Waals surface area contributed by atoms with Crippen LogP contribution >= 0.6 is 0 Å². The van der Waals surface area contributed by atoms with Crippen molar-refractivity contribution in [3.05, 3.63) is 12.2 Å². The fraction of sp³-hybridized carbons (Fsp3) is 0.583. The van der Waals surface area contributed by atoms with Crippen LogP contribution in [0, 0.1) is 5.92 Å². The van der Waals surface area contributed by atoms with E-state index in [2.05, 4.69) is 25.3 Å². The Morgan fingerprint density at radius 1 is 1.39 bits per heavy atom. The van der Waals surface area contributed by atoms with Crippen molar-refractivity contribution in [2.45, 2.75) is 25.7 Å². The van der Waals surface area contributed by atoms with Crippen LogP contribution < -0.4 is 11.1 Å². The second kappa shape index (κ2) is 4.89. The van der Waals surface area contributed by atoms with Gasteiger partial charge in [0, 0.05) is 6.42 Å². The number of rotatable bonds is 3. The fourth-order valence-corrected chi connectivity index (χ4v) is 2.52. The second-order valence-corrected chi connectivity index (χ2v) is 4.88. The number of anilines is 1. The zero-order chi connectivity index (χ0) is 12.4. The van der Waals surface area contributed by atoms with Gasteiger partial charge in [-0.1, -0.05) is 0 Å². The van der Waals surface area contributed by atoms with Gasteiger partial charge in [0.25, 0.3) is 0 Å². The van der Waals surface area contributed by atoms with E-state index in [0.717, 1.165) is 43.2 Å². The van der Waals surface area contributed by atoms with Crippen LogP contribution in [-0.2, 0) is 6.42 Å². The Balaban J connectivity index is 1.70. The first-order valence-corrected chi connectivity index (χ1v) is 6.49. The summed E-state index contributed by atoms with van der Waals surface area (Å²) in [6.07, 6.45) is 6.16. The number of aryl methyl sites for hydroxylation is 1. The van der Waals surface area contributed by atoms with Gasteiger partial charge in [-0.2, -0.15) is 0 Å². The molecule has 96 valence electrons. The number of aromatic nitrogens is 4. The molecule has 0 spiro atoms. The van der Waals surface area contributed by atoms with Crippen LogP contribution in [0.25, 0.3) is 11.2 Å². The molecule has 1 aliphatic heterocycles. The van der Waals surface area contributed by atoms with Crippen LogP contribution in [0.15, 0.2) is 6.33 Å². The van der Waals surface area contributed by atoms with Crippen LogP contribution in [0.1, 0.15) is 25.1 Å². The Hall–Kier alpha value is -1.69. The minimum Gasteiger partial charge on any atom is -0.382 e. The minimum atomic E-state index is 0.495. The van der Waals surface area contributed by atoms with Crippen molar-refractivity contribution in [3.63, 3.8) is 0 Å². The molecule has 1 fully saturated rings. The van der Waals surface area contributed by atoms with E-state index in [-0.39, 0.29) is 0 Å². The molecule has 0 amide bonds. The third-order valence-corrected chi connectivity index (χ3v) is 3.54. The van der Waals surface area contributed by atoms with Gasteiger partial charge in [-0.25, -0.2) is 15.0 Å². The van der Waals surface area contributed by atoms with Crippen molar-refractivity contribution in [2.24, 2.45) is 5.92 Å². The number of H-pyrrole nitrogens is 1. The zero-order valence-corrected chi connectivity index (χ0v) is 10.3. The van der Waals surface area contributed by atoms with Crippen LogP contribution in [0.4, 0.5) is 5.82 Å². The molecule has 0 bridgehead atoms. The molecule has 18 heavy (non-hydrogen) atoms. The highest BCUT2D eigenvalue weighted by Gasteiger charge is 2.14. The van der Waals surface area contributed by atoms with Gasteiger partial charge in [0.05, 0.1) is 6.33 Å². The quantitative estimate of drug-likeness (QED) is 0.747. The van der Waals surface area contributed by atoms with E-state index >= 15 is 0 Å². The summed E-state index contributed by atoms with van der Waals surface area (Å²) < 4.78 is 0. The summed E-state index contributed by atoms with van der Waals surface area (Å²) in [5.74, 6) is 2.03. The molecule has 1 saturated heterocycles. The van der Waals surface area contributed by atoms with Gasteiger partial charge in [-0.05, 0) is 38.3 Å². The Kier molecular flexibility index (Phi) is 3.10. The summed E-state index contributed by atoms with van der Waals surface area (Å²) in [6.45, 7) is 2.26. The van der Waals surface area contributed by atoms with Gasteiger partial charge in [-0.3, -0.25) is 0 Å². The molecule has 2 aromatic heterocycles. The summed E-state index contributed by atoms with van der Waals surface area (Å²) in [4.78, 5) is 15.8. The second-order valence-electron chi connectivity index (χ2n) is 4.88. The van der Waals surface area contributed by atoms with Crippen LogP contribution in [0.5, 0.6) is 0 Å². The number of hydrogen-bond donors (Lipinski definition) is 3. The molecule has 6 heteroatoms. The summed E-state index contributed by atoms with van der Waals surface area (Å²) in [7, 11) is 0. The normalized spacial score (nSPS) is 20.3. The highest BCUT2D eigenvalue weighted by atomic mass is 15.0. The third-order valence-electron chi connectivity index (χ3n) is 3.54. The molecular weight excluding hydrogens is 228 g/mol. The first-order valence-electron chi connectivity index (χ1n) is 6.49. The first-order chi connectivity index (χ1) is 8.83. The lowest BCUT2D eigenvalue weighted by Crippen LogP contribution is -2.30. The SMILES string of the molecule is Nc1nc(CC[C@@H]2CCCNC2)nc2nc[nH]c12. The number of nitrogens with one attached hydrogen (secondary N) is 2. The molecule has 1 atom stereocenters. The number of imidazole rings is 1. The van der Waals surface area contributed by atoms with E-state index in [1.54, 1.807) is 6.33 Å². The largest absolute Gasteiger partial charge is 0.382 e. The molecule has 3 rings (SSSR count). The fourth-order valence-electron chi connectivity index (χ4n) is 2.52. The molecule has 0 aliphatic carbocycles. The molecule has 0 unspecified atom stereocenters. The zero-order valence-electron chi connectivity index (χ0n) is 10.3. The van der Waals surface area contributed by atoms with E-state index in [1.165, 1.54) is 12.8 Å². The lowest BCUT2D eigenvalue weighted by molar-refractivity contribution is 0.356.